The summed E-state index contributed by atoms with van der Waals surface area (Å²) in [5, 5.41) is 6.55. The average Bonchev–Trinajstić information content (AvgIpc) is 3.02. The number of rotatable bonds is 5. The molecule has 26 heavy (non-hydrogen) atoms. The predicted octanol–water partition coefficient (Wildman–Crippen LogP) is 4.09. The lowest BCUT2D eigenvalue weighted by atomic mass is 10.1. The molecule has 7 heteroatoms. The molecule has 2 aromatic rings. The van der Waals surface area contributed by atoms with Gasteiger partial charge in [-0.05, 0) is 48.0 Å². The number of likely N-dealkylation sites (tertiary alicyclic amines) is 1. The zero-order valence-corrected chi connectivity index (χ0v) is 15.7. The summed E-state index contributed by atoms with van der Waals surface area (Å²) < 4.78 is 13.2. The van der Waals surface area contributed by atoms with E-state index in [1.807, 2.05) is 29.2 Å². The molecular weight excluding hydrogens is 373 g/mol. The molecule has 3 rings (SSSR count). The molecular formula is C19H19ClFN3OS. The first-order valence-electron chi connectivity index (χ1n) is 8.37. The average molecular weight is 392 g/mol. The van der Waals surface area contributed by atoms with E-state index < -0.39 is 5.82 Å². The molecule has 1 amide bonds. The molecule has 0 radical (unpaired) electrons. The number of nitrogens with one attached hydrogen (secondary N) is 2. The number of carbonyl (C=O) groups is 1. The smallest absolute Gasteiger partial charge is 0.222 e. The Hall–Kier alpha value is -2.18. The van der Waals surface area contributed by atoms with Gasteiger partial charge in [0, 0.05) is 31.7 Å². The fourth-order valence-corrected chi connectivity index (χ4v) is 3.16. The Labute approximate surface area is 162 Å². The van der Waals surface area contributed by atoms with E-state index in [4.69, 9.17) is 23.8 Å². The lowest BCUT2D eigenvalue weighted by Gasteiger charge is -2.16. The maximum atomic E-state index is 13.2. The summed E-state index contributed by atoms with van der Waals surface area (Å²) in [4.78, 5) is 13.6. The normalized spacial score (nSPS) is 13.8. The minimum atomic E-state index is -0.466. The second-order valence-corrected chi connectivity index (χ2v) is 6.99. The van der Waals surface area contributed by atoms with Crippen LogP contribution < -0.4 is 10.6 Å². The number of thiocarbonyl (C=S) groups is 1. The Morgan fingerprint density at radius 3 is 2.58 bits per heavy atom. The van der Waals surface area contributed by atoms with E-state index in [1.54, 1.807) is 6.07 Å². The summed E-state index contributed by atoms with van der Waals surface area (Å²) in [7, 11) is 0. The Bertz CT molecular complexity index is 813. The van der Waals surface area contributed by atoms with Gasteiger partial charge in [0.25, 0.3) is 0 Å². The molecule has 136 valence electrons. The largest absolute Gasteiger partial charge is 0.358 e. The molecule has 0 saturated carbocycles. The van der Waals surface area contributed by atoms with E-state index in [2.05, 4.69) is 10.6 Å². The molecule has 1 aliphatic heterocycles. The zero-order chi connectivity index (χ0) is 18.5. The summed E-state index contributed by atoms with van der Waals surface area (Å²) in [5.41, 5.74) is 2.81. The first-order chi connectivity index (χ1) is 12.5. The predicted molar refractivity (Wildman–Crippen MR) is 106 cm³/mol. The van der Waals surface area contributed by atoms with E-state index in [0.29, 0.717) is 30.3 Å². The van der Waals surface area contributed by atoms with E-state index in [9.17, 15) is 9.18 Å². The highest BCUT2D eigenvalue weighted by Crippen LogP contribution is 2.19. The van der Waals surface area contributed by atoms with E-state index >= 15 is 0 Å². The van der Waals surface area contributed by atoms with Crippen LogP contribution in [0.1, 0.15) is 24.0 Å². The third-order valence-electron chi connectivity index (χ3n) is 4.20. The Balaban J connectivity index is 1.48. The van der Waals surface area contributed by atoms with Crippen LogP contribution in [-0.2, 0) is 17.9 Å². The van der Waals surface area contributed by atoms with Crippen LogP contribution in [0.3, 0.4) is 0 Å². The van der Waals surface area contributed by atoms with Crippen LogP contribution in [0.4, 0.5) is 10.1 Å². The van der Waals surface area contributed by atoms with Gasteiger partial charge in [0.2, 0.25) is 5.91 Å². The number of hydrogen-bond acceptors (Lipinski definition) is 2. The Kier molecular flexibility index (Phi) is 6.06. The summed E-state index contributed by atoms with van der Waals surface area (Å²) in [5.74, 6) is -0.236. The quantitative estimate of drug-likeness (QED) is 0.753. The van der Waals surface area contributed by atoms with Gasteiger partial charge in [-0.1, -0.05) is 35.9 Å². The number of hydrogen-bond donors (Lipinski definition) is 2. The van der Waals surface area contributed by atoms with Crippen molar-refractivity contribution in [2.24, 2.45) is 0 Å². The van der Waals surface area contributed by atoms with Crippen LogP contribution in [0.15, 0.2) is 42.5 Å². The molecule has 1 heterocycles. The molecule has 0 aromatic heterocycles. The number of amides is 1. The number of benzene rings is 2. The summed E-state index contributed by atoms with van der Waals surface area (Å²) in [6.45, 7) is 2.07. The molecule has 0 spiro atoms. The molecule has 2 N–H and O–H groups in total. The first kappa shape index (κ1) is 18.6. The van der Waals surface area contributed by atoms with Crippen LogP contribution in [0.2, 0.25) is 5.02 Å². The Morgan fingerprint density at radius 2 is 1.92 bits per heavy atom. The summed E-state index contributed by atoms with van der Waals surface area (Å²) in [6.07, 6.45) is 1.61. The zero-order valence-electron chi connectivity index (χ0n) is 14.1. The van der Waals surface area contributed by atoms with Crippen molar-refractivity contribution in [1.29, 1.82) is 0 Å². The van der Waals surface area contributed by atoms with Gasteiger partial charge in [-0.2, -0.15) is 0 Å². The first-order valence-corrected chi connectivity index (χ1v) is 9.15. The van der Waals surface area contributed by atoms with Gasteiger partial charge >= 0.3 is 0 Å². The molecule has 2 aromatic carbocycles. The highest BCUT2D eigenvalue weighted by molar-refractivity contribution is 7.80. The SMILES string of the molecule is O=C1CCCN1Cc1ccc(CNC(=S)Nc2ccc(F)c(Cl)c2)cc1. The Morgan fingerprint density at radius 1 is 1.19 bits per heavy atom. The number of carbonyl (C=O) groups excluding carboxylic acids is 1. The van der Waals surface area contributed by atoms with Gasteiger partial charge in [0.1, 0.15) is 5.82 Å². The van der Waals surface area contributed by atoms with Gasteiger partial charge in [0.15, 0.2) is 5.11 Å². The molecule has 0 aliphatic carbocycles. The lowest BCUT2D eigenvalue weighted by molar-refractivity contribution is -0.128. The monoisotopic (exact) mass is 391 g/mol. The third kappa shape index (κ3) is 4.93. The molecule has 0 unspecified atom stereocenters. The maximum absolute atomic E-state index is 13.2. The highest BCUT2D eigenvalue weighted by Gasteiger charge is 2.19. The molecule has 1 aliphatic rings. The van der Waals surface area contributed by atoms with Crippen molar-refractivity contribution in [1.82, 2.24) is 10.2 Å². The second-order valence-electron chi connectivity index (χ2n) is 6.17. The molecule has 0 bridgehead atoms. The van der Waals surface area contributed by atoms with Crippen molar-refractivity contribution in [3.63, 3.8) is 0 Å². The third-order valence-corrected chi connectivity index (χ3v) is 4.73. The maximum Gasteiger partial charge on any atom is 0.222 e. The lowest BCUT2D eigenvalue weighted by Crippen LogP contribution is -2.28. The summed E-state index contributed by atoms with van der Waals surface area (Å²) >= 11 is 11.0. The van der Waals surface area contributed by atoms with Gasteiger partial charge < -0.3 is 15.5 Å². The van der Waals surface area contributed by atoms with Crippen LogP contribution >= 0.6 is 23.8 Å². The van der Waals surface area contributed by atoms with E-state index in [0.717, 1.165) is 24.1 Å². The second kappa shape index (κ2) is 8.47. The molecule has 4 nitrogen and oxygen atoms in total. The van der Waals surface area contributed by atoms with Gasteiger partial charge in [-0.3, -0.25) is 4.79 Å². The van der Waals surface area contributed by atoms with Crippen LogP contribution in [-0.4, -0.2) is 22.5 Å². The van der Waals surface area contributed by atoms with Crippen LogP contribution in [0.5, 0.6) is 0 Å². The van der Waals surface area contributed by atoms with Crippen molar-refractivity contribution in [3.05, 3.63) is 64.4 Å². The summed E-state index contributed by atoms with van der Waals surface area (Å²) in [6, 6.07) is 12.4. The molecule has 1 saturated heterocycles. The minimum Gasteiger partial charge on any atom is -0.358 e. The van der Waals surface area contributed by atoms with Gasteiger partial charge in [-0.25, -0.2) is 4.39 Å². The van der Waals surface area contributed by atoms with Crippen molar-refractivity contribution in [2.75, 3.05) is 11.9 Å². The standard InChI is InChI=1S/C19H19ClFN3OS/c20-16-10-15(7-8-17(16)21)23-19(26)22-11-13-3-5-14(6-4-13)12-24-9-1-2-18(24)25/h3-8,10H,1-2,9,11-12H2,(H2,22,23,26). The van der Waals surface area contributed by atoms with Crippen LogP contribution in [0.25, 0.3) is 0 Å². The van der Waals surface area contributed by atoms with Crippen LogP contribution in [0, 0.1) is 5.82 Å². The van der Waals surface area contributed by atoms with Crippen molar-refractivity contribution in [2.45, 2.75) is 25.9 Å². The fourth-order valence-electron chi connectivity index (χ4n) is 2.79. The van der Waals surface area contributed by atoms with Gasteiger partial charge in [0.05, 0.1) is 5.02 Å². The number of halogens is 2. The number of anilines is 1. The van der Waals surface area contributed by atoms with Crippen molar-refractivity contribution in [3.8, 4) is 0 Å². The fraction of sp³-hybridized carbons (Fsp3) is 0.263. The minimum absolute atomic E-state index is 0.0462. The van der Waals surface area contributed by atoms with E-state index in [1.165, 1.54) is 12.1 Å². The topological polar surface area (TPSA) is 44.4 Å². The molecule has 0 atom stereocenters. The number of nitrogens with zero attached hydrogens (tertiary/aromatic N) is 1. The highest BCUT2D eigenvalue weighted by atomic mass is 35.5. The van der Waals surface area contributed by atoms with Crippen molar-refractivity contribution < 1.29 is 9.18 Å². The molecule has 1 fully saturated rings. The van der Waals surface area contributed by atoms with E-state index in [-0.39, 0.29) is 10.9 Å². The van der Waals surface area contributed by atoms with Gasteiger partial charge in [-0.15, -0.1) is 0 Å². The van der Waals surface area contributed by atoms with Crippen molar-refractivity contribution >= 4 is 40.5 Å².